The predicted molar refractivity (Wildman–Crippen MR) is 64.7 cm³/mol. The van der Waals surface area contributed by atoms with E-state index in [0.717, 1.165) is 32.6 Å². The maximum Gasteiger partial charge on any atom is 0.0767 e. The average Bonchev–Trinajstić information content (AvgIpc) is 2.59. The van der Waals surface area contributed by atoms with E-state index in [4.69, 9.17) is 0 Å². The number of anilines is 1. The first-order valence-electron chi connectivity index (χ1n) is 6.06. The highest BCUT2D eigenvalue weighted by molar-refractivity contribution is 5.57. The number of hydrogen-bond donors (Lipinski definition) is 2. The molecule has 2 heterocycles. The first kappa shape index (κ1) is 10.1. The summed E-state index contributed by atoms with van der Waals surface area (Å²) in [5.74, 6) is 0.452. The van der Waals surface area contributed by atoms with Crippen molar-refractivity contribution in [2.45, 2.75) is 12.5 Å². The lowest BCUT2D eigenvalue weighted by molar-refractivity contribution is 0.0825. The minimum absolute atomic E-state index is 0.188. The van der Waals surface area contributed by atoms with Crippen molar-refractivity contribution in [1.29, 1.82) is 0 Å². The number of aliphatic hydroxyl groups excluding tert-OH is 1. The van der Waals surface area contributed by atoms with E-state index in [0.29, 0.717) is 5.92 Å². The van der Waals surface area contributed by atoms with Crippen molar-refractivity contribution in [2.75, 3.05) is 31.1 Å². The van der Waals surface area contributed by atoms with Gasteiger partial charge < -0.3 is 15.3 Å². The van der Waals surface area contributed by atoms with Crippen LogP contribution in [0.2, 0.25) is 0 Å². The number of benzene rings is 1. The van der Waals surface area contributed by atoms with E-state index in [2.05, 4.69) is 34.5 Å². The van der Waals surface area contributed by atoms with Crippen molar-refractivity contribution in [3.8, 4) is 0 Å². The van der Waals surface area contributed by atoms with Crippen LogP contribution in [0.4, 0.5) is 5.69 Å². The second-order valence-corrected chi connectivity index (χ2v) is 4.81. The lowest BCUT2D eigenvalue weighted by atomic mass is 9.96. The number of aliphatic hydroxyl groups is 1. The topological polar surface area (TPSA) is 35.5 Å². The molecule has 86 valence electrons. The van der Waals surface area contributed by atoms with Gasteiger partial charge in [0, 0.05) is 37.8 Å². The third-order valence-corrected chi connectivity index (χ3v) is 3.75. The third-order valence-electron chi connectivity index (χ3n) is 3.75. The normalized spacial score (nSPS) is 21.7. The van der Waals surface area contributed by atoms with Gasteiger partial charge >= 0.3 is 0 Å². The molecule has 1 saturated heterocycles. The van der Waals surface area contributed by atoms with Crippen LogP contribution in [-0.2, 0) is 6.42 Å². The van der Waals surface area contributed by atoms with Gasteiger partial charge in [0.25, 0.3) is 0 Å². The van der Waals surface area contributed by atoms with E-state index < -0.39 is 0 Å². The summed E-state index contributed by atoms with van der Waals surface area (Å²) in [7, 11) is 0. The summed E-state index contributed by atoms with van der Waals surface area (Å²) in [6.45, 7) is 3.77. The summed E-state index contributed by atoms with van der Waals surface area (Å²) in [5.41, 5.74) is 2.73. The van der Waals surface area contributed by atoms with Gasteiger partial charge in [0.1, 0.15) is 0 Å². The Morgan fingerprint density at radius 3 is 2.94 bits per heavy atom. The Balaban J connectivity index is 1.68. The molecule has 1 atom stereocenters. The second kappa shape index (κ2) is 4.07. The van der Waals surface area contributed by atoms with Gasteiger partial charge in [-0.25, -0.2) is 0 Å². The van der Waals surface area contributed by atoms with Gasteiger partial charge in [0.15, 0.2) is 0 Å². The third kappa shape index (κ3) is 1.70. The number of nitrogens with one attached hydrogen (secondary N) is 1. The zero-order chi connectivity index (χ0) is 11.0. The zero-order valence-electron chi connectivity index (χ0n) is 9.39. The van der Waals surface area contributed by atoms with Crippen LogP contribution in [0.3, 0.4) is 0 Å². The molecule has 1 aromatic rings. The Kier molecular flexibility index (Phi) is 2.58. The van der Waals surface area contributed by atoms with Gasteiger partial charge in [-0.1, -0.05) is 18.2 Å². The molecule has 0 aromatic heterocycles. The Morgan fingerprint density at radius 2 is 2.19 bits per heavy atom. The first-order chi connectivity index (χ1) is 7.84. The number of fused-ring (bicyclic) bond motifs is 1. The molecule has 2 N–H and O–H groups in total. The fraction of sp³-hybridized carbons (Fsp3) is 0.538. The van der Waals surface area contributed by atoms with Gasteiger partial charge in [-0.2, -0.15) is 0 Å². The Morgan fingerprint density at radius 1 is 1.38 bits per heavy atom. The molecule has 0 radical (unpaired) electrons. The van der Waals surface area contributed by atoms with Crippen LogP contribution < -0.4 is 10.2 Å². The fourth-order valence-electron chi connectivity index (χ4n) is 2.55. The van der Waals surface area contributed by atoms with Crippen molar-refractivity contribution in [3.63, 3.8) is 0 Å². The van der Waals surface area contributed by atoms with Crippen molar-refractivity contribution in [2.24, 2.45) is 5.92 Å². The highest BCUT2D eigenvalue weighted by atomic mass is 16.3. The molecule has 0 bridgehead atoms. The van der Waals surface area contributed by atoms with E-state index in [1.165, 1.54) is 11.3 Å². The molecule has 1 aromatic carbocycles. The first-order valence-corrected chi connectivity index (χ1v) is 6.06. The molecule has 3 heteroatoms. The largest absolute Gasteiger partial charge is 0.391 e. The molecule has 16 heavy (non-hydrogen) atoms. The molecule has 3 nitrogen and oxygen atoms in total. The molecule has 1 fully saturated rings. The van der Waals surface area contributed by atoms with E-state index in [1.807, 2.05) is 0 Å². The average molecular weight is 218 g/mol. The van der Waals surface area contributed by atoms with E-state index in [1.54, 1.807) is 0 Å². The molecule has 1 unspecified atom stereocenters. The highest BCUT2D eigenvalue weighted by Gasteiger charge is 2.28. The highest BCUT2D eigenvalue weighted by Crippen LogP contribution is 2.28. The molecular formula is C13H18N2O. The molecule has 0 amide bonds. The molecule has 0 spiro atoms. The van der Waals surface area contributed by atoms with Gasteiger partial charge in [-0.3, -0.25) is 0 Å². The molecule has 2 aliphatic rings. The van der Waals surface area contributed by atoms with Gasteiger partial charge in [0.2, 0.25) is 0 Å². The smallest absolute Gasteiger partial charge is 0.0767 e. The second-order valence-electron chi connectivity index (χ2n) is 4.81. The van der Waals surface area contributed by atoms with Crippen molar-refractivity contribution in [3.05, 3.63) is 29.8 Å². The monoisotopic (exact) mass is 218 g/mol. The summed E-state index contributed by atoms with van der Waals surface area (Å²) in [4.78, 5) is 2.32. The Labute approximate surface area is 96.1 Å². The quantitative estimate of drug-likeness (QED) is 0.781. The van der Waals surface area contributed by atoms with Crippen LogP contribution in [0.15, 0.2) is 24.3 Å². The van der Waals surface area contributed by atoms with Crippen LogP contribution in [-0.4, -0.2) is 37.4 Å². The minimum atomic E-state index is -0.188. The van der Waals surface area contributed by atoms with Crippen molar-refractivity contribution >= 4 is 5.69 Å². The standard InChI is InChI=1S/C13H18N2O/c16-13(11-7-14-8-11)9-15-6-5-10-3-1-2-4-12(10)15/h1-4,11,13-14,16H,5-9H2. The summed E-state index contributed by atoms with van der Waals surface area (Å²) in [6.07, 6.45) is 0.929. The lowest BCUT2D eigenvalue weighted by Crippen LogP contribution is -2.51. The zero-order valence-corrected chi connectivity index (χ0v) is 9.39. The molecule has 3 rings (SSSR count). The van der Waals surface area contributed by atoms with Crippen LogP contribution in [0, 0.1) is 5.92 Å². The summed E-state index contributed by atoms with van der Waals surface area (Å²) in [5, 5.41) is 13.3. The van der Waals surface area contributed by atoms with E-state index in [9.17, 15) is 5.11 Å². The number of para-hydroxylation sites is 1. The molecule has 2 aliphatic heterocycles. The summed E-state index contributed by atoms with van der Waals surface area (Å²) < 4.78 is 0. The SMILES string of the molecule is OC(CN1CCc2ccccc21)C1CNC1. The van der Waals surface area contributed by atoms with Gasteiger partial charge in [-0.15, -0.1) is 0 Å². The van der Waals surface area contributed by atoms with E-state index in [-0.39, 0.29) is 6.10 Å². The van der Waals surface area contributed by atoms with Gasteiger partial charge in [0.05, 0.1) is 6.10 Å². The number of rotatable bonds is 3. The molecule has 0 aliphatic carbocycles. The van der Waals surface area contributed by atoms with Gasteiger partial charge in [-0.05, 0) is 18.1 Å². The maximum absolute atomic E-state index is 10.1. The number of hydrogen-bond acceptors (Lipinski definition) is 3. The van der Waals surface area contributed by atoms with E-state index >= 15 is 0 Å². The van der Waals surface area contributed by atoms with Crippen LogP contribution in [0.5, 0.6) is 0 Å². The predicted octanol–water partition coefficient (Wildman–Crippen LogP) is 0.629. The number of nitrogens with zero attached hydrogens (tertiary/aromatic N) is 1. The fourth-order valence-corrected chi connectivity index (χ4v) is 2.55. The molecule has 0 saturated carbocycles. The van der Waals surface area contributed by atoms with Crippen LogP contribution >= 0.6 is 0 Å². The van der Waals surface area contributed by atoms with Crippen molar-refractivity contribution in [1.82, 2.24) is 5.32 Å². The summed E-state index contributed by atoms with van der Waals surface area (Å²) >= 11 is 0. The Hall–Kier alpha value is -1.06. The summed E-state index contributed by atoms with van der Waals surface area (Å²) in [6, 6.07) is 8.52. The number of β-amino-alcohol motifs (C(OH)–C–C–N with tert-alkyl or cyclic N) is 1. The van der Waals surface area contributed by atoms with Crippen LogP contribution in [0.1, 0.15) is 5.56 Å². The van der Waals surface area contributed by atoms with Crippen molar-refractivity contribution < 1.29 is 5.11 Å². The Bertz CT molecular complexity index is 376. The lowest BCUT2D eigenvalue weighted by Gasteiger charge is -2.34. The minimum Gasteiger partial charge on any atom is -0.391 e. The van der Waals surface area contributed by atoms with Crippen LogP contribution in [0.25, 0.3) is 0 Å². The maximum atomic E-state index is 10.1. The molecular weight excluding hydrogens is 200 g/mol.